The van der Waals surface area contributed by atoms with Crippen LogP contribution >= 0.6 is 50.1 Å². The first kappa shape index (κ1) is 12.4. The second-order valence-electron chi connectivity index (χ2n) is 2.59. The first-order valence-corrected chi connectivity index (χ1v) is 8.84. The van der Waals surface area contributed by atoms with Gasteiger partial charge in [0.25, 0.3) is 0 Å². The first-order chi connectivity index (χ1) is 6.72. The number of nitrogens with zero attached hydrogens (tertiary/aromatic N) is 3. The van der Waals surface area contributed by atoms with E-state index in [1.807, 2.05) is 6.07 Å². The summed E-state index contributed by atoms with van der Waals surface area (Å²) in [4.78, 5) is 0. The number of hydrogen-bond acceptors (Lipinski definition) is 3. The molecule has 1 rings (SSSR count). The Hall–Kier alpha value is 0.287. The molecular weight excluding hydrogens is 396 g/mol. The number of alkyl halides is 2. The van der Waals surface area contributed by atoms with Gasteiger partial charge in [-0.05, 0) is 31.2 Å². The monoisotopic (exact) mass is 401 g/mol. The molecule has 0 N–H and O–H groups in total. The third-order valence-electron chi connectivity index (χ3n) is 1.70. The Balaban J connectivity index is 3.12. The van der Waals surface area contributed by atoms with Crippen molar-refractivity contribution in [2.45, 2.75) is 0 Å². The van der Waals surface area contributed by atoms with E-state index < -0.39 is 8.80 Å². The van der Waals surface area contributed by atoms with Crippen molar-refractivity contribution in [3.8, 4) is 6.07 Å². The van der Waals surface area contributed by atoms with E-state index in [0.29, 0.717) is 11.2 Å². The van der Waals surface area contributed by atoms with Gasteiger partial charge in [0.2, 0.25) is 0 Å². The molecule has 0 radical (unpaired) electrons. The molecule has 0 saturated carbocycles. The highest BCUT2D eigenvalue weighted by molar-refractivity contribution is 14.1. The fraction of sp³-hybridized carbons (Fsp3) is 0.286. The van der Waals surface area contributed by atoms with E-state index in [9.17, 15) is 0 Å². The standard InChI is InChI=1S/C7H6BrClIN3Si/c8-7-6(14(3-9)4-10)1-5(2-11)12-13-7/h1,14H,3-4H2. The average Bonchev–Trinajstić information content (AvgIpc) is 2.22. The van der Waals surface area contributed by atoms with Gasteiger partial charge in [0.1, 0.15) is 10.7 Å². The molecule has 0 spiro atoms. The predicted octanol–water partition coefficient (Wildman–Crippen LogP) is 1.30. The van der Waals surface area contributed by atoms with E-state index >= 15 is 0 Å². The molecular formula is C7H6BrClIN3Si. The molecule has 7 heteroatoms. The number of nitriles is 1. The molecule has 1 aromatic heterocycles. The molecule has 14 heavy (non-hydrogen) atoms. The quantitative estimate of drug-likeness (QED) is 0.435. The Kier molecular flexibility index (Phi) is 5.29. The van der Waals surface area contributed by atoms with Gasteiger partial charge in [-0.3, -0.25) is 0 Å². The molecule has 1 atom stereocenters. The fourth-order valence-corrected chi connectivity index (χ4v) is 7.60. The Bertz CT molecular complexity index is 366. The minimum Gasteiger partial charge on any atom is -0.191 e. The largest absolute Gasteiger partial charge is 0.191 e. The number of hydrogen-bond donors (Lipinski definition) is 0. The molecule has 1 aromatic rings. The van der Waals surface area contributed by atoms with Crippen LogP contribution in [-0.2, 0) is 0 Å². The summed E-state index contributed by atoms with van der Waals surface area (Å²) in [6.45, 7) is 0. The normalized spacial score (nSPS) is 12.1. The Morgan fingerprint density at radius 3 is 2.86 bits per heavy atom. The molecule has 1 heterocycles. The molecule has 0 aliphatic carbocycles. The van der Waals surface area contributed by atoms with Gasteiger partial charge in [-0.15, -0.1) is 21.8 Å². The smallest absolute Gasteiger partial charge is 0.163 e. The zero-order valence-corrected chi connectivity index (χ0v) is 12.7. The van der Waals surface area contributed by atoms with Crippen LogP contribution in [0.1, 0.15) is 5.69 Å². The van der Waals surface area contributed by atoms with Crippen LogP contribution < -0.4 is 5.19 Å². The van der Waals surface area contributed by atoms with Crippen molar-refractivity contribution in [3.63, 3.8) is 0 Å². The van der Waals surface area contributed by atoms with Crippen molar-refractivity contribution in [2.75, 3.05) is 9.55 Å². The molecule has 74 valence electrons. The van der Waals surface area contributed by atoms with Gasteiger partial charge >= 0.3 is 0 Å². The van der Waals surface area contributed by atoms with Crippen LogP contribution in [0.4, 0.5) is 0 Å². The summed E-state index contributed by atoms with van der Waals surface area (Å²) < 4.78 is 1.75. The SMILES string of the molecule is N#Cc1cc([SiH](CCl)CI)c(Br)nn1. The van der Waals surface area contributed by atoms with Gasteiger partial charge in [-0.1, -0.05) is 22.6 Å². The van der Waals surface area contributed by atoms with E-state index in [0.717, 1.165) is 13.8 Å². The summed E-state index contributed by atoms with van der Waals surface area (Å²) in [5.41, 5.74) is 1.01. The van der Waals surface area contributed by atoms with Crippen molar-refractivity contribution in [3.05, 3.63) is 16.4 Å². The highest BCUT2D eigenvalue weighted by atomic mass is 127. The van der Waals surface area contributed by atoms with Gasteiger partial charge in [0.05, 0.1) is 8.80 Å². The van der Waals surface area contributed by atoms with Crippen molar-refractivity contribution in [1.29, 1.82) is 5.26 Å². The van der Waals surface area contributed by atoms with E-state index in [4.69, 9.17) is 16.9 Å². The lowest BCUT2D eigenvalue weighted by Gasteiger charge is -2.09. The summed E-state index contributed by atoms with van der Waals surface area (Å²) >= 11 is 11.5. The molecule has 0 amide bonds. The Morgan fingerprint density at radius 1 is 1.64 bits per heavy atom. The van der Waals surface area contributed by atoms with Crippen LogP contribution in [0.15, 0.2) is 10.7 Å². The Labute approximate surface area is 111 Å². The maximum absolute atomic E-state index is 8.69. The van der Waals surface area contributed by atoms with Gasteiger partial charge in [0, 0.05) is 5.50 Å². The highest BCUT2D eigenvalue weighted by Crippen LogP contribution is 2.06. The molecule has 0 aromatic carbocycles. The molecule has 1 unspecified atom stereocenters. The van der Waals surface area contributed by atoms with Gasteiger partial charge in [0.15, 0.2) is 5.69 Å². The van der Waals surface area contributed by atoms with E-state index in [-0.39, 0.29) is 0 Å². The molecule has 3 nitrogen and oxygen atoms in total. The molecule has 0 saturated heterocycles. The van der Waals surface area contributed by atoms with E-state index in [1.165, 1.54) is 0 Å². The summed E-state index contributed by atoms with van der Waals surface area (Å²) in [7, 11) is -1.18. The lowest BCUT2D eigenvalue weighted by Crippen LogP contribution is -2.36. The lowest BCUT2D eigenvalue weighted by atomic mass is 10.4. The van der Waals surface area contributed by atoms with Crippen molar-refractivity contribution >= 4 is 64.1 Å². The first-order valence-electron chi connectivity index (χ1n) is 3.78. The van der Waals surface area contributed by atoms with Crippen LogP contribution in [0.2, 0.25) is 0 Å². The van der Waals surface area contributed by atoms with Crippen molar-refractivity contribution < 1.29 is 0 Å². The van der Waals surface area contributed by atoms with Crippen molar-refractivity contribution in [2.24, 2.45) is 0 Å². The van der Waals surface area contributed by atoms with Crippen LogP contribution in [0.25, 0.3) is 0 Å². The molecule has 0 fully saturated rings. The lowest BCUT2D eigenvalue weighted by molar-refractivity contribution is 0.994. The molecule has 0 aliphatic rings. The van der Waals surface area contributed by atoms with Crippen LogP contribution in [0, 0.1) is 11.3 Å². The minimum absolute atomic E-state index is 0.357. The second kappa shape index (κ2) is 6.00. The molecule has 0 bridgehead atoms. The third kappa shape index (κ3) is 2.89. The van der Waals surface area contributed by atoms with Crippen molar-refractivity contribution in [1.82, 2.24) is 10.2 Å². The highest BCUT2D eigenvalue weighted by Gasteiger charge is 2.16. The van der Waals surface area contributed by atoms with Gasteiger partial charge in [-0.2, -0.15) is 5.26 Å². The number of aromatic nitrogens is 2. The number of rotatable bonds is 3. The third-order valence-corrected chi connectivity index (χ3v) is 9.11. The summed E-state index contributed by atoms with van der Waals surface area (Å²) in [5, 5.41) is 17.4. The zero-order chi connectivity index (χ0) is 10.6. The van der Waals surface area contributed by atoms with Crippen LogP contribution in [0.3, 0.4) is 0 Å². The summed E-state index contributed by atoms with van der Waals surface area (Å²) in [5.74, 6) is 0. The maximum Gasteiger partial charge on any atom is 0.163 e. The topological polar surface area (TPSA) is 49.6 Å². The summed E-state index contributed by atoms with van der Waals surface area (Å²) in [6, 6.07) is 3.77. The van der Waals surface area contributed by atoms with Gasteiger partial charge < -0.3 is 0 Å². The minimum atomic E-state index is -1.18. The Morgan fingerprint density at radius 2 is 2.36 bits per heavy atom. The second-order valence-corrected chi connectivity index (χ2v) is 9.55. The maximum atomic E-state index is 8.69. The fourth-order valence-electron chi connectivity index (χ4n) is 0.940. The zero-order valence-electron chi connectivity index (χ0n) is 7.04. The van der Waals surface area contributed by atoms with E-state index in [2.05, 4.69) is 48.7 Å². The summed E-state index contributed by atoms with van der Waals surface area (Å²) in [6.07, 6.45) is 0. The van der Waals surface area contributed by atoms with Gasteiger partial charge in [-0.25, -0.2) is 0 Å². The predicted molar refractivity (Wildman–Crippen MR) is 70.8 cm³/mol. The van der Waals surface area contributed by atoms with E-state index in [1.54, 1.807) is 6.07 Å². The molecule has 0 aliphatic heterocycles. The number of halogens is 3. The average molecular weight is 402 g/mol. The van der Waals surface area contributed by atoms with Crippen LogP contribution in [0.5, 0.6) is 0 Å². The van der Waals surface area contributed by atoms with Crippen LogP contribution in [-0.4, -0.2) is 28.5 Å².